The largest absolute Gasteiger partial charge is 0.414 e. The third kappa shape index (κ3) is 5.52. The van der Waals surface area contributed by atoms with Crippen LogP contribution in [-0.2, 0) is 18.7 Å². The van der Waals surface area contributed by atoms with Crippen molar-refractivity contribution < 1.29 is 18.7 Å². The Hall–Kier alpha value is -2.12. The van der Waals surface area contributed by atoms with E-state index in [2.05, 4.69) is 54.1 Å². The van der Waals surface area contributed by atoms with Crippen LogP contribution < -0.4 is 16.6 Å². The average Bonchev–Trinajstić information content (AvgIpc) is 3.30. The van der Waals surface area contributed by atoms with Gasteiger partial charge in [0.2, 0.25) is 11.9 Å². The molecule has 1 saturated heterocycles. The van der Waals surface area contributed by atoms with Gasteiger partial charge in [0.05, 0.1) is 25.8 Å². The Labute approximate surface area is 194 Å². The molecule has 3 heterocycles. The lowest BCUT2D eigenvalue weighted by atomic mass is 10.2. The molecule has 184 valence electrons. The number of amides is 1. The number of hydrogen-bond acceptors (Lipinski definition) is 8. The third-order valence-electron chi connectivity index (χ3n) is 6.41. The topological polar surface area (TPSA) is 146 Å². The van der Waals surface area contributed by atoms with Gasteiger partial charge in [0.15, 0.2) is 19.5 Å². The Morgan fingerprint density at radius 2 is 2.12 bits per heavy atom. The van der Waals surface area contributed by atoms with E-state index in [1.54, 1.807) is 18.4 Å². The Morgan fingerprint density at radius 3 is 2.73 bits per heavy atom. The number of carbonyl (C=O) groups is 1. The van der Waals surface area contributed by atoms with Gasteiger partial charge in [-0.25, -0.2) is 4.98 Å². The van der Waals surface area contributed by atoms with Crippen molar-refractivity contribution in [2.75, 3.05) is 18.7 Å². The number of anilines is 1. The summed E-state index contributed by atoms with van der Waals surface area (Å²) in [6.07, 6.45) is 0.942. The molecular weight excluding hydrogens is 444 g/mol. The lowest BCUT2D eigenvalue weighted by Gasteiger charge is -2.37. The van der Waals surface area contributed by atoms with Gasteiger partial charge in [-0.3, -0.25) is 24.5 Å². The highest BCUT2D eigenvalue weighted by Gasteiger charge is 2.42. The summed E-state index contributed by atoms with van der Waals surface area (Å²) in [5, 5.41) is 2.69. The molecule has 2 aromatic heterocycles. The smallest absolute Gasteiger partial charge is 0.280 e. The Kier molecular flexibility index (Phi) is 7.44. The van der Waals surface area contributed by atoms with E-state index in [0.29, 0.717) is 18.7 Å². The number of imidazole rings is 1. The standard InChI is InChI=1S/C21H36N6O5Si/c1-12(2)18(28)25-20-24-17-16(19(29)26-20)23-11-27(17)15-8-13(30-10-22)14(32-15)9-31-33(6,7)21(3,4)5/h11-15H,8-10,22H2,1-7H3,(H2,24,25,26,28,29)/t13?,14-,15-/m1/s1. The van der Waals surface area contributed by atoms with Crippen LogP contribution in [0.2, 0.25) is 18.1 Å². The van der Waals surface area contributed by atoms with Gasteiger partial charge < -0.3 is 19.6 Å². The molecule has 0 bridgehead atoms. The molecule has 1 fully saturated rings. The molecule has 0 aromatic carbocycles. The van der Waals surface area contributed by atoms with E-state index in [1.807, 2.05) is 0 Å². The minimum absolute atomic E-state index is 0.0608. The van der Waals surface area contributed by atoms with Crippen LogP contribution in [0.5, 0.6) is 0 Å². The van der Waals surface area contributed by atoms with Crippen molar-refractivity contribution in [2.45, 2.75) is 77.6 Å². The normalized spacial score (nSPS) is 21.8. The monoisotopic (exact) mass is 480 g/mol. The van der Waals surface area contributed by atoms with Crippen molar-refractivity contribution in [1.82, 2.24) is 19.5 Å². The van der Waals surface area contributed by atoms with E-state index < -0.39 is 20.1 Å². The van der Waals surface area contributed by atoms with Crippen LogP contribution in [0.25, 0.3) is 11.2 Å². The maximum atomic E-state index is 12.5. The minimum Gasteiger partial charge on any atom is -0.414 e. The van der Waals surface area contributed by atoms with E-state index in [9.17, 15) is 9.59 Å². The highest BCUT2D eigenvalue weighted by molar-refractivity contribution is 6.74. The molecule has 3 atom stereocenters. The average molecular weight is 481 g/mol. The fraction of sp³-hybridized carbons (Fsp3) is 0.714. The minimum atomic E-state index is -1.98. The first-order valence-corrected chi connectivity index (χ1v) is 14.1. The number of aromatic nitrogens is 4. The predicted molar refractivity (Wildman–Crippen MR) is 127 cm³/mol. The number of ether oxygens (including phenoxy) is 2. The number of nitrogens with zero attached hydrogens (tertiary/aromatic N) is 3. The number of nitrogens with two attached hydrogens (primary N) is 1. The highest BCUT2D eigenvalue weighted by Crippen LogP contribution is 2.38. The summed E-state index contributed by atoms with van der Waals surface area (Å²) in [6.45, 7) is 14.9. The van der Waals surface area contributed by atoms with E-state index in [1.165, 1.54) is 6.33 Å². The molecule has 0 aliphatic carbocycles. The molecule has 0 saturated carbocycles. The Balaban J connectivity index is 1.85. The summed E-state index contributed by atoms with van der Waals surface area (Å²) < 4.78 is 20.1. The van der Waals surface area contributed by atoms with E-state index in [-0.39, 0.29) is 47.3 Å². The van der Waals surface area contributed by atoms with E-state index >= 15 is 0 Å². The zero-order valence-electron chi connectivity index (χ0n) is 20.5. The molecule has 1 aliphatic rings. The fourth-order valence-electron chi connectivity index (χ4n) is 3.28. The molecule has 1 aliphatic heterocycles. The number of hydrogen-bond donors (Lipinski definition) is 3. The van der Waals surface area contributed by atoms with Crippen LogP contribution in [0, 0.1) is 5.92 Å². The zero-order valence-corrected chi connectivity index (χ0v) is 21.5. The lowest BCUT2D eigenvalue weighted by Crippen LogP contribution is -2.44. The number of nitrogens with one attached hydrogen (secondary N) is 2. The van der Waals surface area contributed by atoms with Crippen molar-refractivity contribution in [3.8, 4) is 0 Å². The van der Waals surface area contributed by atoms with Gasteiger partial charge in [-0.15, -0.1) is 0 Å². The molecule has 4 N–H and O–H groups in total. The van der Waals surface area contributed by atoms with Crippen LogP contribution in [-0.4, -0.2) is 59.3 Å². The van der Waals surface area contributed by atoms with Crippen molar-refractivity contribution in [1.29, 1.82) is 0 Å². The van der Waals surface area contributed by atoms with Crippen molar-refractivity contribution in [3.05, 3.63) is 16.7 Å². The summed E-state index contributed by atoms with van der Waals surface area (Å²) in [7, 11) is -1.98. The predicted octanol–water partition coefficient (Wildman–Crippen LogP) is 2.32. The number of fused-ring (bicyclic) bond motifs is 1. The van der Waals surface area contributed by atoms with Crippen LogP contribution >= 0.6 is 0 Å². The van der Waals surface area contributed by atoms with E-state index in [4.69, 9.17) is 19.6 Å². The van der Waals surface area contributed by atoms with Gasteiger partial charge in [-0.05, 0) is 18.1 Å². The molecule has 12 heteroatoms. The third-order valence-corrected chi connectivity index (χ3v) is 10.9. The molecule has 0 spiro atoms. The molecule has 1 amide bonds. The SMILES string of the molecule is CC(C)C(=O)Nc1nc2c(ncn2[C@H]2CC(OCN)[C@@H](CO[Si](C)(C)C(C)(C)C)O2)c(=O)[nH]1. The quantitative estimate of drug-likeness (QED) is 0.385. The van der Waals surface area contributed by atoms with Gasteiger partial charge in [0, 0.05) is 12.3 Å². The molecule has 1 unspecified atom stereocenters. The van der Waals surface area contributed by atoms with Gasteiger partial charge in [0.25, 0.3) is 5.56 Å². The number of H-pyrrole nitrogens is 1. The number of rotatable bonds is 8. The van der Waals surface area contributed by atoms with Gasteiger partial charge >= 0.3 is 0 Å². The van der Waals surface area contributed by atoms with Gasteiger partial charge in [0.1, 0.15) is 12.3 Å². The number of aromatic amines is 1. The van der Waals surface area contributed by atoms with Gasteiger partial charge in [-0.2, -0.15) is 4.98 Å². The summed E-state index contributed by atoms with van der Waals surface area (Å²) in [5.41, 5.74) is 5.70. The molecular formula is C21H36N6O5Si. The van der Waals surface area contributed by atoms with Gasteiger partial charge in [-0.1, -0.05) is 34.6 Å². The molecule has 2 aromatic rings. The van der Waals surface area contributed by atoms with Crippen LogP contribution in [0.15, 0.2) is 11.1 Å². The molecule has 0 radical (unpaired) electrons. The first kappa shape index (κ1) is 25.5. The Bertz CT molecular complexity index is 1040. The summed E-state index contributed by atoms with van der Waals surface area (Å²) >= 11 is 0. The van der Waals surface area contributed by atoms with Crippen LogP contribution in [0.4, 0.5) is 5.95 Å². The fourth-order valence-corrected chi connectivity index (χ4v) is 4.30. The summed E-state index contributed by atoms with van der Waals surface area (Å²) in [6, 6.07) is 0. The summed E-state index contributed by atoms with van der Waals surface area (Å²) in [5.74, 6) is -0.441. The lowest BCUT2D eigenvalue weighted by molar-refractivity contribution is -0.118. The van der Waals surface area contributed by atoms with Crippen LogP contribution in [0.1, 0.15) is 47.3 Å². The first-order valence-electron chi connectivity index (χ1n) is 11.2. The molecule has 33 heavy (non-hydrogen) atoms. The maximum Gasteiger partial charge on any atom is 0.280 e. The Morgan fingerprint density at radius 1 is 1.42 bits per heavy atom. The maximum absolute atomic E-state index is 12.5. The molecule has 3 rings (SSSR count). The molecule has 11 nitrogen and oxygen atoms in total. The second kappa shape index (κ2) is 9.62. The first-order chi connectivity index (χ1) is 15.3. The van der Waals surface area contributed by atoms with Crippen LogP contribution in [0.3, 0.4) is 0 Å². The van der Waals surface area contributed by atoms with E-state index in [0.717, 1.165) is 0 Å². The van der Waals surface area contributed by atoms with Crippen molar-refractivity contribution >= 4 is 31.3 Å². The van der Waals surface area contributed by atoms with Crippen molar-refractivity contribution in [2.24, 2.45) is 11.7 Å². The second-order valence-corrected chi connectivity index (χ2v) is 15.0. The summed E-state index contributed by atoms with van der Waals surface area (Å²) in [4.78, 5) is 35.7. The zero-order chi connectivity index (χ0) is 24.6. The number of carbonyl (C=O) groups excluding carboxylic acids is 1. The second-order valence-electron chi connectivity index (χ2n) is 10.2. The highest BCUT2D eigenvalue weighted by atomic mass is 28.4. The van der Waals surface area contributed by atoms with Crippen molar-refractivity contribution in [3.63, 3.8) is 0 Å².